The van der Waals surface area contributed by atoms with Gasteiger partial charge < -0.3 is 5.11 Å². The first kappa shape index (κ1) is 11.8. The molecule has 1 aromatic rings. The molecule has 84 valence electrons. The molecule has 0 aromatic carbocycles. The second-order valence-electron chi connectivity index (χ2n) is 2.70. The minimum Gasteiger partial charge on any atom is -0.392 e. The van der Waals surface area contributed by atoms with E-state index in [9.17, 15) is 22.0 Å². The van der Waals surface area contributed by atoms with Crippen molar-refractivity contribution in [3.8, 4) is 0 Å². The van der Waals surface area contributed by atoms with Crippen molar-refractivity contribution in [2.75, 3.05) is 0 Å². The van der Waals surface area contributed by atoms with Gasteiger partial charge in [0.1, 0.15) is 11.4 Å². The summed E-state index contributed by atoms with van der Waals surface area (Å²) >= 11 is 0. The Morgan fingerprint density at radius 3 is 2.27 bits per heavy atom. The van der Waals surface area contributed by atoms with E-state index in [2.05, 4.69) is 4.98 Å². The molecule has 0 unspecified atom stereocenters. The Morgan fingerprint density at radius 1 is 1.27 bits per heavy atom. The van der Waals surface area contributed by atoms with Crippen molar-refractivity contribution < 1.29 is 27.1 Å². The van der Waals surface area contributed by atoms with Crippen molar-refractivity contribution in [3.05, 3.63) is 29.1 Å². The van der Waals surface area contributed by atoms with Gasteiger partial charge in [-0.25, -0.2) is 13.8 Å². The van der Waals surface area contributed by atoms with Crippen LogP contribution in [0.2, 0.25) is 0 Å². The van der Waals surface area contributed by atoms with Crippen molar-refractivity contribution in [2.24, 2.45) is 0 Å². The number of hydrogen-bond donors (Lipinski definition) is 1. The highest BCUT2D eigenvalue weighted by atomic mass is 19.4. The van der Waals surface area contributed by atoms with Crippen LogP contribution in [0.15, 0.2) is 12.1 Å². The fourth-order valence-corrected chi connectivity index (χ4v) is 0.998. The third-order valence-corrected chi connectivity index (χ3v) is 1.66. The summed E-state index contributed by atoms with van der Waals surface area (Å²) in [7, 11) is 0. The maximum absolute atomic E-state index is 12.3. The van der Waals surface area contributed by atoms with E-state index in [1.165, 1.54) is 0 Å². The fraction of sp³-hybridized carbons (Fsp3) is 0.375. The minimum absolute atomic E-state index is 0.521. The second kappa shape index (κ2) is 4.09. The van der Waals surface area contributed by atoms with Crippen molar-refractivity contribution in [1.29, 1.82) is 0 Å². The molecular weight excluding hydrogens is 221 g/mol. The van der Waals surface area contributed by atoms with Gasteiger partial charge in [0.15, 0.2) is 0 Å². The van der Waals surface area contributed by atoms with Crippen LogP contribution in [-0.2, 0) is 12.8 Å². The monoisotopic (exact) mass is 227 g/mol. The first-order valence-corrected chi connectivity index (χ1v) is 3.82. The molecule has 0 spiro atoms. The summed E-state index contributed by atoms with van der Waals surface area (Å²) < 4.78 is 60.9. The molecule has 2 nitrogen and oxygen atoms in total. The molecule has 0 saturated heterocycles. The summed E-state index contributed by atoms with van der Waals surface area (Å²) in [5, 5.41) is 8.58. The summed E-state index contributed by atoms with van der Waals surface area (Å²) in [6, 6.07) is 1.54. The van der Waals surface area contributed by atoms with Gasteiger partial charge in [-0.05, 0) is 6.07 Å². The first-order valence-electron chi connectivity index (χ1n) is 3.82. The number of nitrogens with zero attached hydrogens (tertiary/aromatic N) is 1. The lowest BCUT2D eigenvalue weighted by atomic mass is 10.2. The van der Waals surface area contributed by atoms with E-state index in [0.29, 0.717) is 0 Å². The second-order valence-corrected chi connectivity index (χ2v) is 2.70. The van der Waals surface area contributed by atoms with Gasteiger partial charge in [0.2, 0.25) is 0 Å². The molecular formula is C8H6F5NO. The highest BCUT2D eigenvalue weighted by Gasteiger charge is 2.36. The van der Waals surface area contributed by atoms with Gasteiger partial charge in [-0.3, -0.25) is 0 Å². The number of halogens is 5. The Balaban J connectivity index is 3.26. The quantitative estimate of drug-likeness (QED) is 0.787. The SMILES string of the molecule is OCc1ccc(C(F)F)nc1C(F)(F)F. The zero-order chi connectivity index (χ0) is 11.6. The summed E-state index contributed by atoms with van der Waals surface area (Å²) in [6.07, 6.45) is -7.91. The number of rotatable bonds is 2. The lowest BCUT2D eigenvalue weighted by molar-refractivity contribution is -0.142. The van der Waals surface area contributed by atoms with Gasteiger partial charge in [-0.2, -0.15) is 13.2 Å². The number of alkyl halides is 5. The maximum atomic E-state index is 12.3. The number of pyridine rings is 1. The van der Waals surface area contributed by atoms with E-state index in [-0.39, 0.29) is 0 Å². The number of aliphatic hydroxyl groups excluding tert-OH is 1. The molecule has 0 amide bonds. The van der Waals surface area contributed by atoms with E-state index in [1.807, 2.05) is 0 Å². The van der Waals surface area contributed by atoms with Gasteiger partial charge in [0, 0.05) is 5.56 Å². The smallest absolute Gasteiger partial charge is 0.392 e. The number of aliphatic hydroxyl groups is 1. The predicted octanol–water partition coefficient (Wildman–Crippen LogP) is 2.53. The highest BCUT2D eigenvalue weighted by molar-refractivity contribution is 5.25. The molecule has 7 heteroatoms. The van der Waals surface area contributed by atoms with E-state index < -0.39 is 36.2 Å². The van der Waals surface area contributed by atoms with Crippen LogP contribution in [0, 0.1) is 0 Å². The average molecular weight is 227 g/mol. The fourth-order valence-electron chi connectivity index (χ4n) is 0.998. The Hall–Kier alpha value is -1.24. The van der Waals surface area contributed by atoms with Gasteiger partial charge >= 0.3 is 6.18 Å². The zero-order valence-electron chi connectivity index (χ0n) is 7.22. The summed E-state index contributed by atoms with van der Waals surface area (Å²) in [4.78, 5) is 2.78. The molecule has 0 atom stereocenters. The summed E-state index contributed by atoms with van der Waals surface area (Å²) in [5.41, 5.74) is -2.95. The van der Waals surface area contributed by atoms with E-state index in [1.54, 1.807) is 0 Å². The van der Waals surface area contributed by atoms with Gasteiger partial charge in [0.25, 0.3) is 6.43 Å². The molecule has 1 aromatic heterocycles. The van der Waals surface area contributed by atoms with E-state index in [0.717, 1.165) is 12.1 Å². The van der Waals surface area contributed by atoms with Crippen LogP contribution in [-0.4, -0.2) is 10.1 Å². The first-order chi connectivity index (χ1) is 6.86. The Morgan fingerprint density at radius 2 is 1.87 bits per heavy atom. The van der Waals surface area contributed by atoms with Gasteiger partial charge in [0.05, 0.1) is 6.61 Å². The molecule has 0 fully saturated rings. The maximum Gasteiger partial charge on any atom is 0.433 e. The normalized spacial score (nSPS) is 12.2. The molecule has 0 aliphatic carbocycles. The van der Waals surface area contributed by atoms with Crippen molar-refractivity contribution in [3.63, 3.8) is 0 Å². The molecule has 15 heavy (non-hydrogen) atoms. The third kappa shape index (κ3) is 2.62. The van der Waals surface area contributed by atoms with Crippen LogP contribution in [0.3, 0.4) is 0 Å². The minimum atomic E-state index is -4.84. The molecule has 0 saturated carbocycles. The van der Waals surface area contributed by atoms with Crippen LogP contribution < -0.4 is 0 Å². The predicted molar refractivity (Wildman–Crippen MR) is 40.1 cm³/mol. The molecule has 1 N–H and O–H groups in total. The summed E-state index contributed by atoms with van der Waals surface area (Å²) in [6.45, 7) is -0.897. The molecule has 0 bridgehead atoms. The van der Waals surface area contributed by atoms with Crippen LogP contribution >= 0.6 is 0 Å². The van der Waals surface area contributed by atoms with Crippen molar-refractivity contribution >= 4 is 0 Å². The summed E-state index contributed by atoms with van der Waals surface area (Å²) in [5.74, 6) is 0. The lowest BCUT2D eigenvalue weighted by Crippen LogP contribution is -2.13. The Labute approximate surface area is 81.4 Å². The largest absolute Gasteiger partial charge is 0.433 e. The van der Waals surface area contributed by atoms with Crippen LogP contribution in [0.5, 0.6) is 0 Å². The van der Waals surface area contributed by atoms with Gasteiger partial charge in [-0.1, -0.05) is 6.07 Å². The Bertz CT molecular complexity index is 349. The zero-order valence-corrected chi connectivity index (χ0v) is 7.22. The molecule has 0 radical (unpaired) electrons. The molecule has 0 aliphatic heterocycles. The third-order valence-electron chi connectivity index (χ3n) is 1.66. The lowest BCUT2D eigenvalue weighted by Gasteiger charge is -2.11. The average Bonchev–Trinajstić information content (AvgIpc) is 2.15. The molecule has 1 heterocycles. The van der Waals surface area contributed by atoms with E-state index in [4.69, 9.17) is 5.11 Å². The number of hydrogen-bond acceptors (Lipinski definition) is 2. The Kier molecular flexibility index (Phi) is 3.23. The van der Waals surface area contributed by atoms with Gasteiger partial charge in [-0.15, -0.1) is 0 Å². The van der Waals surface area contributed by atoms with Crippen molar-refractivity contribution in [1.82, 2.24) is 4.98 Å². The molecule has 0 aliphatic rings. The van der Waals surface area contributed by atoms with E-state index >= 15 is 0 Å². The van der Waals surface area contributed by atoms with Crippen LogP contribution in [0.4, 0.5) is 22.0 Å². The van der Waals surface area contributed by atoms with Crippen LogP contribution in [0.1, 0.15) is 23.4 Å². The number of aromatic nitrogens is 1. The molecule has 1 rings (SSSR count). The van der Waals surface area contributed by atoms with Crippen molar-refractivity contribution in [2.45, 2.75) is 19.2 Å². The van der Waals surface area contributed by atoms with Crippen LogP contribution in [0.25, 0.3) is 0 Å². The topological polar surface area (TPSA) is 33.1 Å². The standard InChI is InChI=1S/C8H6F5NO/c9-7(10)5-2-1-4(3-15)6(14-5)8(11,12)13/h1-2,7,15H,3H2. The highest BCUT2D eigenvalue weighted by Crippen LogP contribution is 2.32.